The summed E-state index contributed by atoms with van der Waals surface area (Å²) < 4.78 is 4.67. The number of ether oxygens (including phenoxy) is 1. The molecule has 1 aromatic rings. The topological polar surface area (TPSA) is 95.9 Å². The van der Waals surface area contributed by atoms with Gasteiger partial charge < -0.3 is 20.1 Å². The molecule has 1 aromatic carbocycles. The number of carboxylic acid groups (broad SMARTS) is 1. The molecule has 2 amide bonds. The Labute approximate surface area is 115 Å². The number of cyclic esters (lactones) is 1. The third kappa shape index (κ3) is 3.05. The van der Waals surface area contributed by atoms with Gasteiger partial charge in [0, 0.05) is 13.6 Å². The Bertz CT molecular complexity index is 540. The van der Waals surface area contributed by atoms with E-state index < -0.39 is 18.1 Å². The number of alkyl carbamates (subject to hydrolysis) is 1. The quantitative estimate of drug-likeness (QED) is 0.833. The van der Waals surface area contributed by atoms with E-state index in [4.69, 9.17) is 5.11 Å². The van der Waals surface area contributed by atoms with Crippen LogP contribution in [0.25, 0.3) is 0 Å². The van der Waals surface area contributed by atoms with E-state index in [0.29, 0.717) is 6.54 Å². The van der Waals surface area contributed by atoms with Crippen LogP contribution in [0.1, 0.15) is 15.9 Å². The summed E-state index contributed by atoms with van der Waals surface area (Å²) in [7, 11) is 1.61. The monoisotopic (exact) mass is 278 g/mol. The smallest absolute Gasteiger partial charge is 0.407 e. The summed E-state index contributed by atoms with van der Waals surface area (Å²) in [5.74, 6) is -1.25. The van der Waals surface area contributed by atoms with Gasteiger partial charge in [-0.1, -0.05) is 12.1 Å². The van der Waals surface area contributed by atoms with Crippen LogP contribution >= 0.6 is 0 Å². The predicted molar refractivity (Wildman–Crippen MR) is 68.1 cm³/mol. The number of carbonyl (C=O) groups is 3. The average molecular weight is 278 g/mol. The number of nitrogens with one attached hydrogen (secondary N) is 1. The minimum Gasteiger partial charge on any atom is -0.478 e. The first-order chi connectivity index (χ1) is 9.47. The summed E-state index contributed by atoms with van der Waals surface area (Å²) in [4.78, 5) is 35.1. The van der Waals surface area contributed by atoms with Crippen molar-refractivity contribution >= 4 is 18.0 Å². The molecule has 2 N–H and O–H groups in total. The Morgan fingerprint density at radius 2 is 2.05 bits per heavy atom. The molecule has 0 saturated carbocycles. The summed E-state index contributed by atoms with van der Waals surface area (Å²) in [5.41, 5.74) is 0.996. The highest BCUT2D eigenvalue weighted by Gasteiger charge is 2.30. The molecule has 7 nitrogen and oxygen atoms in total. The van der Waals surface area contributed by atoms with Crippen LogP contribution < -0.4 is 5.32 Å². The molecule has 0 bridgehead atoms. The fourth-order valence-electron chi connectivity index (χ4n) is 1.89. The number of hydrogen-bond donors (Lipinski definition) is 2. The van der Waals surface area contributed by atoms with E-state index in [1.165, 1.54) is 17.0 Å². The Kier molecular flexibility index (Phi) is 3.88. The largest absolute Gasteiger partial charge is 0.478 e. The first-order valence-corrected chi connectivity index (χ1v) is 5.98. The maximum atomic E-state index is 12.0. The van der Waals surface area contributed by atoms with Crippen molar-refractivity contribution in [1.82, 2.24) is 10.2 Å². The molecule has 0 aliphatic carbocycles. The number of carboxylic acids is 1. The fraction of sp³-hybridized carbons (Fsp3) is 0.308. The highest BCUT2D eigenvalue weighted by atomic mass is 16.6. The minimum absolute atomic E-state index is 0.0277. The highest BCUT2D eigenvalue weighted by Crippen LogP contribution is 2.09. The molecule has 20 heavy (non-hydrogen) atoms. The SMILES string of the molecule is CN(Cc1ccc(C(=O)O)cc1)C(=O)C1COC(=O)N1. The van der Waals surface area contributed by atoms with Crippen LogP contribution in [0, 0.1) is 0 Å². The van der Waals surface area contributed by atoms with Crippen LogP contribution in [0.2, 0.25) is 0 Å². The molecule has 1 saturated heterocycles. The van der Waals surface area contributed by atoms with Crippen LogP contribution in [0.5, 0.6) is 0 Å². The van der Waals surface area contributed by atoms with Gasteiger partial charge in [-0.3, -0.25) is 4.79 Å². The molecule has 1 aliphatic rings. The lowest BCUT2D eigenvalue weighted by Crippen LogP contribution is -2.43. The molecule has 7 heteroatoms. The van der Waals surface area contributed by atoms with Gasteiger partial charge in [-0.05, 0) is 17.7 Å². The zero-order valence-electron chi connectivity index (χ0n) is 10.8. The van der Waals surface area contributed by atoms with Gasteiger partial charge in [0.25, 0.3) is 0 Å². The van der Waals surface area contributed by atoms with Crippen LogP contribution in [0.3, 0.4) is 0 Å². The van der Waals surface area contributed by atoms with Gasteiger partial charge in [-0.15, -0.1) is 0 Å². The summed E-state index contributed by atoms with van der Waals surface area (Å²) in [6.07, 6.45) is -0.595. The Hall–Kier alpha value is -2.57. The number of aromatic carboxylic acids is 1. The van der Waals surface area contributed by atoms with Gasteiger partial charge in [-0.25, -0.2) is 9.59 Å². The second kappa shape index (κ2) is 5.60. The standard InChI is InChI=1S/C13H14N2O5/c1-15(11(16)10-7-20-13(19)14-10)6-8-2-4-9(5-3-8)12(17)18/h2-5,10H,6-7H2,1H3,(H,14,19)(H,17,18). The fourth-order valence-corrected chi connectivity index (χ4v) is 1.89. The van der Waals surface area contributed by atoms with Gasteiger partial charge >= 0.3 is 12.1 Å². The number of benzene rings is 1. The second-order valence-electron chi connectivity index (χ2n) is 4.49. The van der Waals surface area contributed by atoms with Crippen molar-refractivity contribution in [2.45, 2.75) is 12.6 Å². The molecule has 106 valence electrons. The summed E-state index contributed by atoms with van der Waals surface area (Å²) in [5, 5.41) is 11.2. The van der Waals surface area contributed by atoms with Gasteiger partial charge in [-0.2, -0.15) is 0 Å². The van der Waals surface area contributed by atoms with Gasteiger partial charge in [0.1, 0.15) is 12.6 Å². The van der Waals surface area contributed by atoms with Crippen molar-refractivity contribution < 1.29 is 24.2 Å². The molecule has 1 atom stereocenters. The third-order valence-corrected chi connectivity index (χ3v) is 2.97. The Morgan fingerprint density at radius 3 is 2.55 bits per heavy atom. The van der Waals surface area contributed by atoms with Crippen LogP contribution in [-0.2, 0) is 16.1 Å². The molecule has 0 aromatic heterocycles. The zero-order valence-corrected chi connectivity index (χ0v) is 10.8. The predicted octanol–water partition coefficient (Wildman–Crippen LogP) is 0.452. The normalized spacial score (nSPS) is 17.2. The van der Waals surface area contributed by atoms with Crippen molar-refractivity contribution in [3.05, 3.63) is 35.4 Å². The minimum atomic E-state index is -0.994. The maximum absolute atomic E-state index is 12.0. The Morgan fingerprint density at radius 1 is 1.40 bits per heavy atom. The number of nitrogens with zero attached hydrogens (tertiary/aromatic N) is 1. The van der Waals surface area contributed by atoms with Crippen molar-refractivity contribution in [2.75, 3.05) is 13.7 Å². The lowest BCUT2D eigenvalue weighted by Gasteiger charge is -2.20. The van der Waals surface area contributed by atoms with Crippen LogP contribution in [0.4, 0.5) is 4.79 Å². The molecule has 0 spiro atoms. The third-order valence-electron chi connectivity index (χ3n) is 2.97. The number of rotatable bonds is 4. The molecule has 1 aliphatic heterocycles. The van der Waals surface area contributed by atoms with Gasteiger partial charge in [0.2, 0.25) is 5.91 Å². The molecule has 1 heterocycles. The van der Waals surface area contributed by atoms with Gasteiger partial charge in [0.05, 0.1) is 5.56 Å². The number of hydrogen-bond acceptors (Lipinski definition) is 4. The number of carbonyl (C=O) groups excluding carboxylic acids is 2. The second-order valence-corrected chi connectivity index (χ2v) is 4.49. The average Bonchev–Trinajstić information content (AvgIpc) is 2.85. The Balaban J connectivity index is 1.96. The van der Waals surface area contributed by atoms with E-state index in [1.807, 2.05) is 0 Å². The van der Waals surface area contributed by atoms with E-state index >= 15 is 0 Å². The zero-order chi connectivity index (χ0) is 14.7. The lowest BCUT2D eigenvalue weighted by molar-refractivity contribution is -0.132. The molecular weight excluding hydrogens is 264 g/mol. The lowest BCUT2D eigenvalue weighted by atomic mass is 10.1. The maximum Gasteiger partial charge on any atom is 0.407 e. The molecule has 0 radical (unpaired) electrons. The molecule has 1 unspecified atom stereocenters. The van der Waals surface area contributed by atoms with Crippen LogP contribution in [0.15, 0.2) is 24.3 Å². The summed E-state index contributed by atoms with van der Waals surface area (Å²) in [6.45, 7) is 0.352. The van der Waals surface area contributed by atoms with Crippen LogP contribution in [-0.4, -0.2) is 47.7 Å². The summed E-state index contributed by atoms with van der Waals surface area (Å²) in [6, 6.07) is 5.60. The van der Waals surface area contributed by atoms with E-state index in [2.05, 4.69) is 10.1 Å². The van der Waals surface area contributed by atoms with Crippen molar-refractivity contribution in [2.24, 2.45) is 0 Å². The van der Waals surface area contributed by atoms with Crippen molar-refractivity contribution in [1.29, 1.82) is 0 Å². The van der Waals surface area contributed by atoms with E-state index in [1.54, 1.807) is 19.2 Å². The molecular formula is C13H14N2O5. The van der Waals surface area contributed by atoms with Crippen molar-refractivity contribution in [3.8, 4) is 0 Å². The molecule has 1 fully saturated rings. The first-order valence-electron chi connectivity index (χ1n) is 5.98. The van der Waals surface area contributed by atoms with E-state index in [0.717, 1.165) is 5.56 Å². The number of likely N-dealkylation sites (N-methyl/N-ethyl adjacent to an activating group) is 1. The van der Waals surface area contributed by atoms with Gasteiger partial charge in [0.15, 0.2) is 0 Å². The van der Waals surface area contributed by atoms with Crippen molar-refractivity contribution in [3.63, 3.8) is 0 Å². The first kappa shape index (κ1) is 13.9. The van der Waals surface area contributed by atoms with E-state index in [9.17, 15) is 14.4 Å². The van der Waals surface area contributed by atoms with E-state index in [-0.39, 0.29) is 18.1 Å². The summed E-state index contributed by atoms with van der Waals surface area (Å²) >= 11 is 0. The number of amides is 2. The molecule has 2 rings (SSSR count). The highest BCUT2D eigenvalue weighted by molar-refractivity contribution is 5.88.